The Bertz CT molecular complexity index is 868. The van der Waals surface area contributed by atoms with Crippen LogP contribution in [0.5, 0.6) is 0 Å². The maximum Gasteiger partial charge on any atom is 0.484 e. The van der Waals surface area contributed by atoms with Crippen LogP contribution in [0.15, 0.2) is 103 Å². The van der Waals surface area contributed by atoms with Crippen molar-refractivity contribution in [3.8, 4) is 0 Å². The van der Waals surface area contributed by atoms with E-state index in [4.69, 9.17) is 0 Å². The average molecular weight is 362 g/mol. The summed E-state index contributed by atoms with van der Waals surface area (Å²) < 4.78 is 14.6. The fourth-order valence-corrected chi connectivity index (χ4v) is 6.50. The van der Waals surface area contributed by atoms with E-state index in [9.17, 15) is 14.6 Å². The van der Waals surface area contributed by atoms with E-state index >= 15 is 0 Å². The molecular formula is C21H20BO3P. The topological polar surface area (TPSA) is 57.5 Å². The van der Waals surface area contributed by atoms with Crippen molar-refractivity contribution in [2.24, 2.45) is 0 Å². The molecule has 5 heteroatoms. The van der Waals surface area contributed by atoms with E-state index in [1.54, 1.807) is 0 Å². The Morgan fingerprint density at radius 3 is 1.54 bits per heavy atom. The van der Waals surface area contributed by atoms with Crippen molar-refractivity contribution in [3.05, 3.63) is 109 Å². The van der Waals surface area contributed by atoms with Gasteiger partial charge < -0.3 is 14.6 Å². The molecule has 0 amide bonds. The number of rotatable bonds is 6. The van der Waals surface area contributed by atoms with E-state index in [0.29, 0.717) is 10.6 Å². The van der Waals surface area contributed by atoms with Gasteiger partial charge in [0.2, 0.25) is 0 Å². The van der Waals surface area contributed by atoms with Gasteiger partial charge in [-0.25, -0.2) is 0 Å². The van der Waals surface area contributed by atoms with Gasteiger partial charge in [0.25, 0.3) is 0 Å². The van der Waals surface area contributed by atoms with Crippen LogP contribution in [0.25, 0.3) is 0 Å². The van der Waals surface area contributed by atoms with Crippen molar-refractivity contribution in [1.82, 2.24) is 0 Å². The maximum atomic E-state index is 14.6. The summed E-state index contributed by atoms with van der Waals surface area (Å²) in [4.78, 5) is 0. The number of hydrogen-bond donors (Lipinski definition) is 2. The summed E-state index contributed by atoms with van der Waals surface area (Å²) in [5.74, 6) is 0. The van der Waals surface area contributed by atoms with E-state index in [1.807, 2.05) is 91.0 Å². The first-order chi connectivity index (χ1) is 12.5. The molecule has 0 saturated carbocycles. The van der Waals surface area contributed by atoms with E-state index < -0.39 is 19.9 Å². The standard InChI is InChI=1S/C21H20BO3P/c1-17(22(23)24)21(18-11-5-2-6-12-18)26(25,19-13-7-3-8-14-19)20-15-9-4-10-16-20/h2-16,21,23-24H,1H2. The third kappa shape index (κ3) is 3.45. The molecule has 1 atom stereocenters. The molecule has 0 aliphatic carbocycles. The van der Waals surface area contributed by atoms with Crippen molar-refractivity contribution in [2.45, 2.75) is 5.66 Å². The van der Waals surface area contributed by atoms with Gasteiger partial charge in [-0.2, -0.15) is 0 Å². The summed E-state index contributed by atoms with van der Waals surface area (Å²) in [7, 11) is -5.05. The molecule has 3 rings (SSSR count). The molecule has 0 heterocycles. The fraction of sp³-hybridized carbons (Fsp3) is 0.0476. The second-order valence-corrected chi connectivity index (χ2v) is 8.96. The van der Waals surface area contributed by atoms with Crippen molar-refractivity contribution < 1.29 is 14.6 Å². The molecule has 3 aromatic carbocycles. The van der Waals surface area contributed by atoms with Crippen molar-refractivity contribution >= 4 is 24.9 Å². The van der Waals surface area contributed by atoms with E-state index in [0.717, 1.165) is 5.56 Å². The lowest BCUT2D eigenvalue weighted by atomic mass is 9.77. The number of benzene rings is 3. The monoisotopic (exact) mass is 362 g/mol. The highest BCUT2D eigenvalue weighted by atomic mass is 31.2. The molecule has 0 aromatic heterocycles. The van der Waals surface area contributed by atoms with Crippen molar-refractivity contribution in [3.63, 3.8) is 0 Å². The molecule has 130 valence electrons. The van der Waals surface area contributed by atoms with Gasteiger partial charge >= 0.3 is 7.12 Å². The lowest BCUT2D eigenvalue weighted by molar-refractivity contribution is 0.417. The van der Waals surface area contributed by atoms with Crippen LogP contribution >= 0.6 is 7.14 Å². The molecule has 0 spiro atoms. The molecular weight excluding hydrogens is 342 g/mol. The molecule has 0 radical (unpaired) electrons. The molecule has 1 unspecified atom stereocenters. The Morgan fingerprint density at radius 2 is 1.15 bits per heavy atom. The Hall–Kier alpha value is -2.39. The van der Waals surface area contributed by atoms with Gasteiger partial charge in [0, 0.05) is 10.6 Å². The maximum absolute atomic E-state index is 14.6. The van der Waals surface area contributed by atoms with Crippen LogP contribution < -0.4 is 10.6 Å². The highest BCUT2D eigenvalue weighted by molar-refractivity contribution is 7.79. The summed E-state index contributed by atoms with van der Waals surface area (Å²) in [6.45, 7) is 3.88. The molecule has 0 bridgehead atoms. The molecule has 0 fully saturated rings. The highest BCUT2D eigenvalue weighted by Gasteiger charge is 2.41. The van der Waals surface area contributed by atoms with Gasteiger partial charge in [-0.15, -0.1) is 6.58 Å². The van der Waals surface area contributed by atoms with Crippen LogP contribution in [0.4, 0.5) is 0 Å². The van der Waals surface area contributed by atoms with Gasteiger partial charge in [-0.1, -0.05) is 91.0 Å². The summed E-state index contributed by atoms with van der Waals surface area (Å²) in [5.41, 5.74) is 0.113. The second-order valence-electron chi connectivity index (χ2n) is 6.09. The largest absolute Gasteiger partial charge is 0.484 e. The molecule has 3 aromatic rings. The summed E-state index contributed by atoms with van der Waals surface area (Å²) in [5, 5.41) is 21.0. The zero-order valence-electron chi connectivity index (χ0n) is 14.3. The van der Waals surface area contributed by atoms with Crippen LogP contribution in [0, 0.1) is 0 Å². The van der Waals surface area contributed by atoms with E-state index in [1.165, 1.54) is 0 Å². The fourth-order valence-electron chi connectivity index (χ4n) is 3.18. The Labute approximate surface area is 154 Å². The number of allylic oxidation sites excluding steroid dienone is 1. The molecule has 0 aliphatic heterocycles. The first kappa shape index (κ1) is 18.4. The minimum Gasteiger partial charge on any atom is -0.423 e. The smallest absolute Gasteiger partial charge is 0.423 e. The van der Waals surface area contributed by atoms with Gasteiger partial charge in [0.15, 0.2) is 7.14 Å². The summed E-state index contributed by atoms with van der Waals surface area (Å²) in [6.07, 6.45) is 0. The lowest BCUT2D eigenvalue weighted by Gasteiger charge is -2.30. The minimum absolute atomic E-state index is 0.118. The van der Waals surface area contributed by atoms with Gasteiger partial charge in [0.05, 0.1) is 5.66 Å². The molecule has 0 saturated heterocycles. The number of hydrogen-bond acceptors (Lipinski definition) is 3. The Morgan fingerprint density at radius 1 is 0.769 bits per heavy atom. The van der Waals surface area contributed by atoms with Gasteiger partial charge in [0.1, 0.15) is 0 Å². The quantitative estimate of drug-likeness (QED) is 0.523. The van der Waals surface area contributed by atoms with Gasteiger partial charge in [-0.05, 0) is 11.0 Å². The highest BCUT2D eigenvalue weighted by Crippen LogP contribution is 2.60. The van der Waals surface area contributed by atoms with Crippen LogP contribution in [-0.4, -0.2) is 17.2 Å². The van der Waals surface area contributed by atoms with Crippen molar-refractivity contribution in [1.29, 1.82) is 0 Å². The summed E-state index contributed by atoms with van der Waals surface area (Å²) >= 11 is 0. The van der Waals surface area contributed by atoms with Crippen LogP contribution in [0.3, 0.4) is 0 Å². The van der Waals surface area contributed by atoms with E-state index in [-0.39, 0.29) is 5.47 Å². The van der Waals surface area contributed by atoms with Crippen molar-refractivity contribution in [2.75, 3.05) is 0 Å². The zero-order chi connectivity index (χ0) is 18.6. The first-order valence-corrected chi connectivity index (χ1v) is 10.1. The first-order valence-electron chi connectivity index (χ1n) is 8.36. The van der Waals surface area contributed by atoms with Crippen LogP contribution in [0.1, 0.15) is 11.2 Å². The summed E-state index contributed by atoms with van der Waals surface area (Å²) in [6, 6.07) is 27.6. The molecule has 26 heavy (non-hydrogen) atoms. The third-order valence-corrected chi connectivity index (χ3v) is 7.93. The second kappa shape index (κ2) is 7.88. The third-order valence-electron chi connectivity index (χ3n) is 4.44. The normalized spacial score (nSPS) is 12.4. The Kier molecular flexibility index (Phi) is 5.58. The average Bonchev–Trinajstić information content (AvgIpc) is 2.70. The molecule has 2 N–H and O–H groups in total. The predicted molar refractivity (Wildman–Crippen MR) is 108 cm³/mol. The zero-order valence-corrected chi connectivity index (χ0v) is 15.2. The van der Waals surface area contributed by atoms with Crippen LogP contribution in [0.2, 0.25) is 0 Å². The molecule has 3 nitrogen and oxygen atoms in total. The van der Waals surface area contributed by atoms with E-state index in [2.05, 4.69) is 6.58 Å². The minimum atomic E-state index is -3.29. The van der Waals surface area contributed by atoms with Gasteiger partial charge in [-0.3, -0.25) is 0 Å². The molecule has 0 aliphatic rings. The Balaban J connectivity index is 2.31. The predicted octanol–water partition coefficient (Wildman–Crippen LogP) is 3.31. The SMILES string of the molecule is C=C(B(O)O)C(c1ccccc1)P(=O)(c1ccccc1)c1ccccc1. The van der Waals surface area contributed by atoms with Crippen LogP contribution in [-0.2, 0) is 4.57 Å². The lowest BCUT2D eigenvalue weighted by Crippen LogP contribution is -2.28.